The van der Waals surface area contributed by atoms with Crippen molar-refractivity contribution >= 4 is 11.6 Å². The van der Waals surface area contributed by atoms with E-state index in [9.17, 15) is 4.79 Å². The van der Waals surface area contributed by atoms with Crippen molar-refractivity contribution in [2.24, 2.45) is 5.92 Å². The van der Waals surface area contributed by atoms with Gasteiger partial charge in [-0.15, -0.1) is 0 Å². The lowest BCUT2D eigenvalue weighted by Crippen LogP contribution is -2.17. The van der Waals surface area contributed by atoms with Crippen LogP contribution in [0, 0.1) is 33.6 Å². The Kier molecular flexibility index (Phi) is 3.73. The number of pyridine rings is 1. The number of benzene rings is 1. The van der Waals surface area contributed by atoms with Crippen LogP contribution in [-0.2, 0) is 4.79 Å². The van der Waals surface area contributed by atoms with Crippen LogP contribution in [0.5, 0.6) is 0 Å². The third-order valence-corrected chi connectivity index (χ3v) is 4.49. The predicted octanol–water partition coefficient (Wildman–Crippen LogP) is 4.06. The smallest absolute Gasteiger partial charge is 0.228 e. The van der Waals surface area contributed by atoms with Crippen LogP contribution in [0.2, 0.25) is 0 Å². The molecule has 3 rings (SSSR count). The molecule has 1 saturated carbocycles. The van der Waals surface area contributed by atoms with Gasteiger partial charge in [0.25, 0.3) is 0 Å². The molecular formula is C19H22N2O. The molecule has 1 heterocycles. The summed E-state index contributed by atoms with van der Waals surface area (Å²) in [6.07, 6.45) is 0.939. The monoisotopic (exact) mass is 294 g/mol. The standard InChI is InChI=1S/C19H22N2O/c1-11-7-5-6-8-15(11)16-10-17(16)19(22)21-18-12(2)9-13(3)20-14(18)4/h5-9,16-17H,10H2,1-4H3,(H,21,22)/t16-,17+/m0/s1. The maximum Gasteiger partial charge on any atom is 0.228 e. The molecule has 114 valence electrons. The highest BCUT2D eigenvalue weighted by atomic mass is 16.2. The number of rotatable bonds is 3. The second-order valence-electron chi connectivity index (χ2n) is 6.34. The van der Waals surface area contributed by atoms with Gasteiger partial charge in [0.1, 0.15) is 0 Å². The van der Waals surface area contributed by atoms with Crippen molar-refractivity contribution in [3.05, 3.63) is 58.4 Å². The summed E-state index contributed by atoms with van der Waals surface area (Å²) >= 11 is 0. The summed E-state index contributed by atoms with van der Waals surface area (Å²) in [4.78, 5) is 17.0. The van der Waals surface area contributed by atoms with Gasteiger partial charge in [0, 0.05) is 11.6 Å². The molecule has 1 fully saturated rings. The molecule has 22 heavy (non-hydrogen) atoms. The van der Waals surface area contributed by atoms with Crippen LogP contribution in [-0.4, -0.2) is 10.9 Å². The summed E-state index contributed by atoms with van der Waals surface area (Å²) in [7, 11) is 0. The highest BCUT2D eigenvalue weighted by molar-refractivity contribution is 5.96. The summed E-state index contributed by atoms with van der Waals surface area (Å²) < 4.78 is 0. The summed E-state index contributed by atoms with van der Waals surface area (Å²) in [5.74, 6) is 0.562. The SMILES string of the molecule is Cc1cc(C)c(NC(=O)[C@@H]2C[C@H]2c2ccccc2C)c(C)n1. The molecule has 0 unspecified atom stereocenters. The van der Waals surface area contributed by atoms with Crippen LogP contribution in [0.1, 0.15) is 40.4 Å². The fourth-order valence-corrected chi connectivity index (χ4v) is 3.26. The number of nitrogens with zero attached hydrogens (tertiary/aromatic N) is 1. The molecule has 0 bridgehead atoms. The summed E-state index contributed by atoms with van der Waals surface area (Å²) in [5.41, 5.74) is 6.39. The first-order valence-corrected chi connectivity index (χ1v) is 7.78. The maximum atomic E-state index is 12.5. The van der Waals surface area contributed by atoms with Gasteiger partial charge < -0.3 is 5.32 Å². The zero-order valence-electron chi connectivity index (χ0n) is 13.6. The van der Waals surface area contributed by atoms with Crippen LogP contribution >= 0.6 is 0 Å². The van der Waals surface area contributed by atoms with Gasteiger partial charge in [-0.05, 0) is 62.8 Å². The van der Waals surface area contributed by atoms with E-state index >= 15 is 0 Å². The molecule has 2 atom stereocenters. The third kappa shape index (κ3) is 2.76. The van der Waals surface area contributed by atoms with Crippen molar-refractivity contribution in [2.75, 3.05) is 5.32 Å². The maximum absolute atomic E-state index is 12.5. The molecule has 1 aromatic carbocycles. The molecule has 1 aliphatic rings. The number of nitrogens with one attached hydrogen (secondary N) is 1. The lowest BCUT2D eigenvalue weighted by Gasteiger charge is -2.12. The average Bonchev–Trinajstić information content (AvgIpc) is 3.23. The highest BCUT2D eigenvalue weighted by Crippen LogP contribution is 2.49. The normalized spacial score (nSPS) is 19.8. The van der Waals surface area contributed by atoms with E-state index in [1.54, 1.807) is 0 Å². The van der Waals surface area contributed by atoms with Crippen LogP contribution < -0.4 is 5.32 Å². The predicted molar refractivity (Wildman–Crippen MR) is 89.1 cm³/mol. The number of hydrogen-bond acceptors (Lipinski definition) is 2. The molecule has 1 amide bonds. The zero-order valence-corrected chi connectivity index (χ0v) is 13.6. The van der Waals surface area contributed by atoms with E-state index in [0.29, 0.717) is 5.92 Å². The Bertz CT molecular complexity index is 713. The van der Waals surface area contributed by atoms with Gasteiger partial charge in [0.2, 0.25) is 5.91 Å². The lowest BCUT2D eigenvalue weighted by molar-refractivity contribution is -0.117. The van der Waals surface area contributed by atoms with E-state index in [0.717, 1.165) is 29.1 Å². The first-order chi connectivity index (χ1) is 10.5. The molecule has 1 N–H and O–H groups in total. The van der Waals surface area contributed by atoms with Crippen molar-refractivity contribution in [3.8, 4) is 0 Å². The van der Waals surface area contributed by atoms with Crippen molar-refractivity contribution in [1.82, 2.24) is 4.98 Å². The molecular weight excluding hydrogens is 272 g/mol. The number of hydrogen-bond donors (Lipinski definition) is 1. The quantitative estimate of drug-likeness (QED) is 0.927. The Labute approximate surface area is 131 Å². The van der Waals surface area contributed by atoms with E-state index in [2.05, 4.69) is 29.4 Å². The molecule has 1 aliphatic carbocycles. The summed E-state index contributed by atoms with van der Waals surface area (Å²) in [6.45, 7) is 8.05. The first kappa shape index (κ1) is 14.8. The molecule has 0 radical (unpaired) electrons. The number of aryl methyl sites for hydroxylation is 4. The first-order valence-electron chi connectivity index (χ1n) is 7.78. The Balaban J connectivity index is 1.74. The van der Waals surface area contributed by atoms with Gasteiger partial charge in [-0.3, -0.25) is 9.78 Å². The molecule has 3 nitrogen and oxygen atoms in total. The second kappa shape index (κ2) is 5.56. The van der Waals surface area contributed by atoms with Crippen molar-refractivity contribution < 1.29 is 4.79 Å². The topological polar surface area (TPSA) is 42.0 Å². The Morgan fingerprint density at radius 3 is 2.55 bits per heavy atom. The van der Waals surface area contributed by atoms with Crippen LogP contribution in [0.15, 0.2) is 30.3 Å². The second-order valence-corrected chi connectivity index (χ2v) is 6.34. The Hall–Kier alpha value is -2.16. The van der Waals surface area contributed by atoms with Gasteiger partial charge in [-0.25, -0.2) is 0 Å². The number of carbonyl (C=O) groups excluding carboxylic acids is 1. The molecule has 1 aromatic heterocycles. The fraction of sp³-hybridized carbons (Fsp3) is 0.368. The van der Waals surface area contributed by atoms with Gasteiger partial charge in [0.05, 0.1) is 11.4 Å². The summed E-state index contributed by atoms with van der Waals surface area (Å²) in [5, 5.41) is 3.09. The largest absolute Gasteiger partial charge is 0.324 e. The zero-order chi connectivity index (χ0) is 15.9. The molecule has 0 saturated heterocycles. The van der Waals surface area contributed by atoms with Gasteiger partial charge in [-0.1, -0.05) is 24.3 Å². The lowest BCUT2D eigenvalue weighted by atomic mass is 10.0. The van der Waals surface area contributed by atoms with Crippen molar-refractivity contribution in [3.63, 3.8) is 0 Å². The Morgan fingerprint density at radius 1 is 1.14 bits per heavy atom. The van der Waals surface area contributed by atoms with Gasteiger partial charge >= 0.3 is 0 Å². The number of amides is 1. The minimum atomic E-state index is 0.0844. The van der Waals surface area contributed by atoms with Crippen molar-refractivity contribution in [1.29, 1.82) is 0 Å². The molecule has 0 aliphatic heterocycles. The van der Waals surface area contributed by atoms with Crippen LogP contribution in [0.25, 0.3) is 0 Å². The van der Waals surface area contributed by atoms with E-state index in [1.165, 1.54) is 11.1 Å². The number of carbonyl (C=O) groups is 1. The minimum Gasteiger partial charge on any atom is -0.324 e. The van der Waals surface area contributed by atoms with E-state index in [4.69, 9.17) is 0 Å². The van der Waals surface area contributed by atoms with Gasteiger partial charge in [-0.2, -0.15) is 0 Å². The molecule has 3 heteroatoms. The van der Waals surface area contributed by atoms with Gasteiger partial charge in [0.15, 0.2) is 0 Å². The van der Waals surface area contributed by atoms with Crippen LogP contribution in [0.4, 0.5) is 5.69 Å². The third-order valence-electron chi connectivity index (χ3n) is 4.49. The average molecular weight is 294 g/mol. The number of aromatic nitrogens is 1. The van der Waals surface area contributed by atoms with E-state index in [1.807, 2.05) is 39.0 Å². The fourth-order valence-electron chi connectivity index (χ4n) is 3.26. The highest BCUT2D eigenvalue weighted by Gasteiger charge is 2.44. The van der Waals surface area contributed by atoms with Crippen molar-refractivity contribution in [2.45, 2.75) is 40.0 Å². The molecule has 2 aromatic rings. The summed E-state index contributed by atoms with van der Waals surface area (Å²) in [6, 6.07) is 10.3. The number of anilines is 1. The van der Waals surface area contributed by atoms with E-state index < -0.39 is 0 Å². The molecule has 0 spiro atoms. The van der Waals surface area contributed by atoms with E-state index in [-0.39, 0.29) is 11.8 Å². The minimum absolute atomic E-state index is 0.0844. The van der Waals surface area contributed by atoms with Crippen LogP contribution in [0.3, 0.4) is 0 Å². The Morgan fingerprint density at radius 2 is 1.86 bits per heavy atom.